The van der Waals surface area contributed by atoms with Gasteiger partial charge in [0.15, 0.2) is 0 Å². The first kappa shape index (κ1) is 28.9. The predicted molar refractivity (Wildman–Crippen MR) is 145 cm³/mol. The molecule has 8 heteroatoms. The molecule has 1 atom stereocenters. The molecule has 3 rings (SSSR count). The number of rotatable bonds is 5. The first-order valence-electron chi connectivity index (χ1n) is 12.8. The van der Waals surface area contributed by atoms with Crippen molar-refractivity contribution in [1.29, 1.82) is 0 Å². The summed E-state index contributed by atoms with van der Waals surface area (Å²) in [7, 11) is -0.746. The third kappa shape index (κ3) is 6.07. The van der Waals surface area contributed by atoms with Gasteiger partial charge in [-0.1, -0.05) is 51.0 Å². The van der Waals surface area contributed by atoms with Crippen LogP contribution in [0, 0.1) is 25.1 Å². The normalized spacial score (nSPS) is 17.4. The maximum Gasteiger partial charge on any atom is 0.494 e. The average Bonchev–Trinajstić information content (AvgIpc) is 2.98. The van der Waals surface area contributed by atoms with Gasteiger partial charge in [-0.25, -0.2) is 9.40 Å². The van der Waals surface area contributed by atoms with E-state index in [1.807, 2.05) is 75.3 Å². The Labute approximate surface area is 221 Å². The molecule has 0 spiro atoms. The molecule has 2 amide bonds. The standard InChI is InChI=1S/C29H40BFN2O4/c1-11-24(27(4,5)6)33(26(35)20-15-18(2)14-19(3)16-20)32-25(34)22-13-12-21(17-23(22)31)30-36-28(7,8)29(9,10)37-30/h12-17,24H,11H2,1-10H3,(H,32,34)/t24-/m1/s1. The Morgan fingerprint density at radius 3 is 2.00 bits per heavy atom. The average molecular weight is 510 g/mol. The van der Waals surface area contributed by atoms with Crippen LogP contribution >= 0.6 is 0 Å². The molecule has 2 aromatic carbocycles. The number of hydrogen-bond donors (Lipinski definition) is 1. The van der Waals surface area contributed by atoms with E-state index < -0.39 is 30.0 Å². The van der Waals surface area contributed by atoms with Gasteiger partial charge in [0.2, 0.25) is 0 Å². The molecule has 1 N–H and O–H groups in total. The molecule has 37 heavy (non-hydrogen) atoms. The van der Waals surface area contributed by atoms with Gasteiger partial charge in [0, 0.05) is 5.56 Å². The second kappa shape index (κ2) is 10.2. The molecule has 1 fully saturated rings. The lowest BCUT2D eigenvalue weighted by molar-refractivity contribution is 0.00578. The number of nitrogens with zero attached hydrogens (tertiary/aromatic N) is 1. The van der Waals surface area contributed by atoms with Crippen LogP contribution in [0.1, 0.15) is 93.7 Å². The van der Waals surface area contributed by atoms with Gasteiger partial charge < -0.3 is 9.31 Å². The molecule has 0 unspecified atom stereocenters. The van der Waals surface area contributed by atoms with E-state index >= 15 is 4.39 Å². The van der Waals surface area contributed by atoms with E-state index in [9.17, 15) is 9.59 Å². The van der Waals surface area contributed by atoms with Gasteiger partial charge in [-0.15, -0.1) is 0 Å². The van der Waals surface area contributed by atoms with Crippen LogP contribution in [-0.4, -0.2) is 41.2 Å². The van der Waals surface area contributed by atoms with Crippen LogP contribution in [-0.2, 0) is 9.31 Å². The third-order valence-electron chi connectivity index (χ3n) is 7.37. The van der Waals surface area contributed by atoms with Crippen molar-refractivity contribution in [2.24, 2.45) is 5.41 Å². The molecule has 0 bridgehead atoms. The fourth-order valence-electron chi connectivity index (χ4n) is 4.70. The van der Waals surface area contributed by atoms with Crippen LogP contribution < -0.4 is 10.9 Å². The Balaban J connectivity index is 1.92. The minimum Gasteiger partial charge on any atom is -0.399 e. The molecule has 0 aliphatic carbocycles. The Morgan fingerprint density at radius 1 is 1.00 bits per heavy atom. The lowest BCUT2D eigenvalue weighted by Crippen LogP contribution is -2.56. The molecular weight excluding hydrogens is 470 g/mol. The van der Waals surface area contributed by atoms with Crippen molar-refractivity contribution < 1.29 is 23.3 Å². The second-order valence-corrected chi connectivity index (χ2v) is 12.1. The Kier molecular flexibility index (Phi) is 7.97. The molecule has 0 saturated carbocycles. The molecule has 1 saturated heterocycles. The van der Waals surface area contributed by atoms with Crippen molar-refractivity contribution in [3.8, 4) is 0 Å². The van der Waals surface area contributed by atoms with Crippen LogP contribution in [0.2, 0.25) is 0 Å². The number of hydrogen-bond acceptors (Lipinski definition) is 4. The van der Waals surface area contributed by atoms with Gasteiger partial charge in [-0.3, -0.25) is 15.0 Å². The predicted octanol–water partition coefficient (Wildman–Crippen LogP) is 5.35. The summed E-state index contributed by atoms with van der Waals surface area (Å²) >= 11 is 0. The Bertz CT molecular complexity index is 1150. The molecular formula is C29H40BFN2O4. The van der Waals surface area contributed by atoms with E-state index in [0.717, 1.165) is 11.1 Å². The second-order valence-electron chi connectivity index (χ2n) is 12.1. The molecule has 2 aromatic rings. The van der Waals surface area contributed by atoms with Crippen molar-refractivity contribution >= 4 is 24.4 Å². The van der Waals surface area contributed by atoms with Gasteiger partial charge in [-0.2, -0.15) is 0 Å². The number of nitrogens with one attached hydrogen (secondary N) is 1. The highest BCUT2D eigenvalue weighted by atomic mass is 19.1. The van der Waals surface area contributed by atoms with Gasteiger partial charge in [0.1, 0.15) is 5.82 Å². The summed E-state index contributed by atoms with van der Waals surface area (Å²) in [5.41, 5.74) is 3.93. The smallest absolute Gasteiger partial charge is 0.399 e. The van der Waals surface area contributed by atoms with Gasteiger partial charge in [-0.05, 0) is 83.1 Å². The lowest BCUT2D eigenvalue weighted by Gasteiger charge is -2.39. The summed E-state index contributed by atoms with van der Waals surface area (Å²) in [5.74, 6) is -1.75. The van der Waals surface area contributed by atoms with Gasteiger partial charge in [0.05, 0.1) is 22.8 Å². The summed E-state index contributed by atoms with van der Waals surface area (Å²) in [5, 5.41) is 1.36. The highest BCUT2D eigenvalue weighted by Crippen LogP contribution is 2.36. The molecule has 1 aliphatic rings. The van der Waals surface area contributed by atoms with E-state index in [1.165, 1.54) is 17.1 Å². The summed E-state index contributed by atoms with van der Waals surface area (Å²) < 4.78 is 27.3. The molecule has 0 radical (unpaired) electrons. The van der Waals surface area contributed by atoms with Crippen LogP contribution in [0.3, 0.4) is 0 Å². The van der Waals surface area contributed by atoms with Crippen molar-refractivity contribution in [2.75, 3.05) is 0 Å². The molecule has 0 aromatic heterocycles. The number of carbonyl (C=O) groups is 2. The summed E-state index contributed by atoms with van der Waals surface area (Å²) in [6, 6.07) is 9.54. The SMILES string of the molecule is CC[C@@H](N(NC(=O)c1ccc(B2OC(C)(C)C(C)(C)O2)cc1F)C(=O)c1cc(C)cc(C)c1)C(C)(C)C. The van der Waals surface area contributed by atoms with E-state index in [0.29, 0.717) is 17.4 Å². The zero-order valence-corrected chi connectivity index (χ0v) is 23.8. The highest BCUT2D eigenvalue weighted by Gasteiger charge is 2.51. The van der Waals surface area contributed by atoms with Gasteiger partial charge in [0.25, 0.3) is 11.8 Å². The van der Waals surface area contributed by atoms with E-state index in [1.54, 1.807) is 18.2 Å². The van der Waals surface area contributed by atoms with Crippen molar-refractivity contribution in [3.05, 3.63) is 64.5 Å². The lowest BCUT2D eigenvalue weighted by atomic mass is 9.78. The highest BCUT2D eigenvalue weighted by molar-refractivity contribution is 6.62. The topological polar surface area (TPSA) is 67.9 Å². The molecule has 6 nitrogen and oxygen atoms in total. The molecule has 1 heterocycles. The Morgan fingerprint density at radius 2 is 1.54 bits per heavy atom. The number of benzene rings is 2. The van der Waals surface area contributed by atoms with Crippen LogP contribution in [0.5, 0.6) is 0 Å². The zero-order chi connectivity index (χ0) is 27.9. The summed E-state index contributed by atoms with van der Waals surface area (Å²) in [6.07, 6.45) is 0.601. The number of halogens is 1. The minimum absolute atomic E-state index is 0.165. The molecule has 200 valence electrons. The fourth-order valence-corrected chi connectivity index (χ4v) is 4.70. The van der Waals surface area contributed by atoms with E-state index in [2.05, 4.69) is 5.43 Å². The van der Waals surface area contributed by atoms with Crippen molar-refractivity contribution in [1.82, 2.24) is 10.4 Å². The maximum absolute atomic E-state index is 15.3. The number of aryl methyl sites for hydroxylation is 2. The summed E-state index contributed by atoms with van der Waals surface area (Å²) in [6.45, 7) is 19.5. The fraction of sp³-hybridized carbons (Fsp3) is 0.517. The molecule has 1 aliphatic heterocycles. The maximum atomic E-state index is 15.3. The van der Waals surface area contributed by atoms with E-state index in [-0.39, 0.29) is 22.9 Å². The minimum atomic E-state index is -0.746. The van der Waals surface area contributed by atoms with Gasteiger partial charge >= 0.3 is 7.12 Å². The van der Waals surface area contributed by atoms with E-state index in [4.69, 9.17) is 9.31 Å². The third-order valence-corrected chi connectivity index (χ3v) is 7.37. The number of amides is 2. The number of carbonyl (C=O) groups excluding carboxylic acids is 2. The quantitative estimate of drug-likeness (QED) is 0.435. The first-order valence-corrected chi connectivity index (χ1v) is 12.8. The largest absolute Gasteiger partial charge is 0.494 e. The van der Waals surface area contributed by atoms with Crippen molar-refractivity contribution in [3.63, 3.8) is 0 Å². The van der Waals surface area contributed by atoms with Crippen LogP contribution in [0.4, 0.5) is 4.39 Å². The monoisotopic (exact) mass is 510 g/mol. The summed E-state index contributed by atoms with van der Waals surface area (Å²) in [4.78, 5) is 27.0. The first-order chi connectivity index (χ1) is 17.0. The van der Waals surface area contributed by atoms with Crippen LogP contribution in [0.15, 0.2) is 36.4 Å². The van der Waals surface area contributed by atoms with Crippen LogP contribution in [0.25, 0.3) is 0 Å². The number of hydrazine groups is 1. The van der Waals surface area contributed by atoms with Crippen molar-refractivity contribution in [2.45, 2.75) is 92.9 Å². The Hall–Kier alpha value is -2.71. The zero-order valence-electron chi connectivity index (χ0n) is 23.8.